The van der Waals surface area contributed by atoms with Gasteiger partial charge in [0.05, 0.1) is 16.7 Å². The highest BCUT2D eigenvalue weighted by Crippen LogP contribution is 2.35. The van der Waals surface area contributed by atoms with Gasteiger partial charge >= 0.3 is 0 Å². The summed E-state index contributed by atoms with van der Waals surface area (Å²) in [6, 6.07) is 13.2. The van der Waals surface area contributed by atoms with Crippen LogP contribution in [0.15, 0.2) is 48.5 Å². The number of hydroxylamine groups is 2. The van der Waals surface area contributed by atoms with Crippen molar-refractivity contribution in [2.45, 2.75) is 44.8 Å². The lowest BCUT2D eigenvalue weighted by Gasteiger charge is -2.16. The number of imide groups is 1. The van der Waals surface area contributed by atoms with E-state index < -0.39 is 53.0 Å². The molecule has 3 aromatic carbocycles. The van der Waals surface area contributed by atoms with Crippen LogP contribution in [0.1, 0.15) is 69.0 Å². The Balaban J connectivity index is 1.29. The summed E-state index contributed by atoms with van der Waals surface area (Å²) < 4.78 is 63.7. The monoisotopic (exact) mass is 499 g/mol. The lowest BCUT2D eigenvalue weighted by Crippen LogP contribution is -2.30. The first-order valence-electron chi connectivity index (χ1n) is 11.5. The normalized spacial score (nSPS) is 15.6. The van der Waals surface area contributed by atoms with Gasteiger partial charge < -0.3 is 4.74 Å². The van der Waals surface area contributed by atoms with Crippen molar-refractivity contribution in [1.29, 1.82) is 0 Å². The molecule has 2 aliphatic rings. The first-order chi connectivity index (χ1) is 17.4. The minimum absolute atomic E-state index is 0.0424. The van der Waals surface area contributed by atoms with Crippen LogP contribution in [-0.2, 0) is 18.1 Å². The van der Waals surface area contributed by atoms with Crippen molar-refractivity contribution in [3.05, 3.63) is 99.6 Å². The molecule has 1 heterocycles. The van der Waals surface area contributed by atoms with Crippen LogP contribution in [-0.4, -0.2) is 16.9 Å². The number of halogens is 4. The number of amides is 2. The van der Waals surface area contributed by atoms with Gasteiger partial charge in [0.1, 0.15) is 13.2 Å². The van der Waals surface area contributed by atoms with Crippen molar-refractivity contribution in [2.24, 2.45) is 0 Å². The van der Waals surface area contributed by atoms with E-state index in [0.29, 0.717) is 16.5 Å². The molecule has 0 N–H and O–H groups in total. The lowest BCUT2D eigenvalue weighted by molar-refractivity contribution is -0.102. The minimum atomic E-state index is -1.74. The number of hydrogen-bond donors (Lipinski definition) is 0. The first-order valence-corrected chi connectivity index (χ1v) is 11.5. The number of ether oxygens (including phenoxy) is 1. The molecule has 0 saturated heterocycles. The Hall–Kier alpha value is -3.72. The third-order valence-electron chi connectivity index (χ3n) is 6.60. The SMILES string of the molecule is O=C1c2ccccc2C(=O)N1OCc1c(F)c(F)c(OCc2ccc(C3CCCC3)cc2)c(F)c1F. The number of carbonyl (C=O) groups is 2. The summed E-state index contributed by atoms with van der Waals surface area (Å²) >= 11 is 0. The van der Waals surface area contributed by atoms with Crippen LogP contribution in [0.25, 0.3) is 0 Å². The first kappa shape index (κ1) is 24.0. The largest absolute Gasteiger partial charge is 0.483 e. The van der Waals surface area contributed by atoms with Crippen molar-refractivity contribution in [2.75, 3.05) is 0 Å². The molecule has 1 aliphatic heterocycles. The maximum atomic E-state index is 14.7. The van der Waals surface area contributed by atoms with Gasteiger partial charge in [-0.15, -0.1) is 5.06 Å². The smallest absolute Gasteiger partial charge is 0.285 e. The van der Waals surface area contributed by atoms with Crippen LogP contribution in [0, 0.1) is 23.3 Å². The number of nitrogens with zero attached hydrogens (tertiary/aromatic N) is 1. The topological polar surface area (TPSA) is 55.8 Å². The van der Waals surface area contributed by atoms with Crippen LogP contribution in [0.5, 0.6) is 5.75 Å². The van der Waals surface area contributed by atoms with Gasteiger partial charge in [-0.1, -0.05) is 49.2 Å². The Morgan fingerprint density at radius 3 is 1.86 bits per heavy atom. The molecule has 2 amide bonds. The van der Waals surface area contributed by atoms with E-state index in [0.717, 1.165) is 12.8 Å². The maximum Gasteiger partial charge on any atom is 0.285 e. The fourth-order valence-electron chi connectivity index (χ4n) is 4.62. The van der Waals surface area contributed by atoms with Crippen molar-refractivity contribution in [3.8, 4) is 5.75 Å². The van der Waals surface area contributed by atoms with E-state index in [2.05, 4.69) is 0 Å². The predicted octanol–water partition coefficient (Wildman–Crippen LogP) is 6.21. The van der Waals surface area contributed by atoms with Crippen LogP contribution >= 0.6 is 0 Å². The van der Waals surface area contributed by atoms with Gasteiger partial charge in [0.25, 0.3) is 11.8 Å². The highest BCUT2D eigenvalue weighted by Gasteiger charge is 2.37. The van der Waals surface area contributed by atoms with E-state index >= 15 is 0 Å². The predicted molar refractivity (Wildman–Crippen MR) is 120 cm³/mol. The molecule has 9 heteroatoms. The van der Waals surface area contributed by atoms with Gasteiger partial charge in [-0.25, -0.2) is 8.78 Å². The average molecular weight is 499 g/mol. The summed E-state index contributed by atoms with van der Waals surface area (Å²) in [4.78, 5) is 29.6. The van der Waals surface area contributed by atoms with E-state index in [1.54, 1.807) is 12.1 Å². The highest BCUT2D eigenvalue weighted by molar-refractivity contribution is 6.20. The number of carbonyl (C=O) groups excluding carboxylic acids is 2. The van der Waals surface area contributed by atoms with E-state index in [4.69, 9.17) is 9.57 Å². The number of hydrogen-bond acceptors (Lipinski definition) is 4. The van der Waals surface area contributed by atoms with Crippen molar-refractivity contribution >= 4 is 11.8 Å². The summed E-state index contributed by atoms with van der Waals surface area (Å²) in [5, 5.41) is 0.305. The molecule has 1 fully saturated rings. The molecule has 36 heavy (non-hydrogen) atoms. The molecular weight excluding hydrogens is 478 g/mol. The van der Waals surface area contributed by atoms with E-state index in [9.17, 15) is 27.2 Å². The zero-order valence-corrected chi connectivity index (χ0v) is 19.0. The van der Waals surface area contributed by atoms with Gasteiger partial charge in [0, 0.05) is 0 Å². The summed E-state index contributed by atoms with van der Waals surface area (Å²) in [6.45, 7) is -1.40. The molecule has 1 aliphatic carbocycles. The Morgan fingerprint density at radius 2 is 1.31 bits per heavy atom. The molecule has 0 aromatic heterocycles. The molecule has 0 bridgehead atoms. The summed E-state index contributed by atoms with van der Waals surface area (Å²) in [5.41, 5.74) is 0.721. The molecule has 5 nitrogen and oxygen atoms in total. The van der Waals surface area contributed by atoms with Gasteiger partial charge in [-0.3, -0.25) is 14.4 Å². The van der Waals surface area contributed by atoms with E-state index in [1.165, 1.54) is 42.7 Å². The third-order valence-corrected chi connectivity index (χ3v) is 6.60. The standard InChI is InChI=1S/C27H21F4NO4/c28-21-20(14-36-32-26(33)18-7-3-4-8-19(18)27(32)34)22(29)24(31)25(23(21)30)35-13-15-9-11-17(12-10-15)16-5-1-2-6-16/h3-4,7-12,16H,1-2,5-6,13-14H2. The Labute approximate surface area is 204 Å². The number of benzene rings is 3. The Bertz CT molecular complexity index is 1270. The molecule has 1 saturated carbocycles. The second-order valence-electron chi connectivity index (χ2n) is 8.80. The zero-order chi connectivity index (χ0) is 25.4. The summed E-state index contributed by atoms with van der Waals surface area (Å²) in [5.74, 6) is -9.36. The van der Waals surface area contributed by atoms with E-state index in [-0.39, 0.29) is 17.7 Å². The molecular formula is C27H21F4NO4. The molecule has 3 aromatic rings. The number of rotatable bonds is 7. The van der Waals surface area contributed by atoms with Gasteiger partial charge in [0.2, 0.25) is 11.6 Å². The Kier molecular flexibility index (Phi) is 6.49. The maximum absolute atomic E-state index is 14.7. The molecule has 0 spiro atoms. The number of fused-ring (bicyclic) bond motifs is 1. The Morgan fingerprint density at radius 1 is 0.750 bits per heavy atom. The molecule has 186 valence electrons. The van der Waals surface area contributed by atoms with Crippen molar-refractivity contribution in [1.82, 2.24) is 5.06 Å². The van der Waals surface area contributed by atoms with Crippen LogP contribution < -0.4 is 4.74 Å². The van der Waals surface area contributed by atoms with Gasteiger partial charge in [-0.2, -0.15) is 8.78 Å². The average Bonchev–Trinajstić information content (AvgIpc) is 3.51. The quantitative estimate of drug-likeness (QED) is 0.220. The van der Waals surface area contributed by atoms with Crippen LogP contribution in [0.2, 0.25) is 0 Å². The third kappa shape index (κ3) is 4.24. The molecule has 0 atom stereocenters. The van der Waals surface area contributed by atoms with Crippen LogP contribution in [0.3, 0.4) is 0 Å². The lowest BCUT2D eigenvalue weighted by atomic mass is 9.97. The fourth-order valence-corrected chi connectivity index (χ4v) is 4.62. The molecule has 5 rings (SSSR count). The van der Waals surface area contributed by atoms with Gasteiger partial charge in [0.15, 0.2) is 17.4 Å². The minimum Gasteiger partial charge on any atom is -0.483 e. The van der Waals surface area contributed by atoms with E-state index in [1.807, 2.05) is 12.1 Å². The second-order valence-corrected chi connectivity index (χ2v) is 8.80. The fraction of sp³-hybridized carbons (Fsp3) is 0.259. The molecule has 0 unspecified atom stereocenters. The summed E-state index contributed by atoms with van der Waals surface area (Å²) in [6.07, 6.45) is 4.61. The summed E-state index contributed by atoms with van der Waals surface area (Å²) in [7, 11) is 0. The van der Waals surface area contributed by atoms with Gasteiger partial charge in [-0.05, 0) is 42.0 Å². The van der Waals surface area contributed by atoms with Crippen molar-refractivity contribution in [3.63, 3.8) is 0 Å². The second kappa shape index (κ2) is 9.73. The highest BCUT2D eigenvalue weighted by atomic mass is 19.2. The van der Waals surface area contributed by atoms with Crippen LogP contribution in [0.4, 0.5) is 17.6 Å². The van der Waals surface area contributed by atoms with Crippen molar-refractivity contribution < 1.29 is 36.7 Å². The molecule has 0 radical (unpaired) electrons. The zero-order valence-electron chi connectivity index (χ0n) is 19.0.